The van der Waals surface area contributed by atoms with Crippen LogP contribution in [0.4, 0.5) is 17.1 Å². The molecule has 1 heterocycles. The predicted molar refractivity (Wildman–Crippen MR) is 237 cm³/mol. The molecule has 2 heteroatoms. The van der Waals surface area contributed by atoms with Crippen molar-refractivity contribution in [1.29, 1.82) is 0 Å². The van der Waals surface area contributed by atoms with Crippen molar-refractivity contribution in [2.75, 3.05) is 4.90 Å². The van der Waals surface area contributed by atoms with Gasteiger partial charge in [-0.1, -0.05) is 176 Å². The van der Waals surface area contributed by atoms with Gasteiger partial charge < -0.3 is 9.47 Å². The van der Waals surface area contributed by atoms with Gasteiger partial charge in [-0.15, -0.1) is 0 Å². The van der Waals surface area contributed by atoms with Crippen LogP contribution in [0.2, 0.25) is 0 Å². The van der Waals surface area contributed by atoms with Gasteiger partial charge in [0.2, 0.25) is 0 Å². The van der Waals surface area contributed by atoms with Crippen molar-refractivity contribution in [3.05, 3.63) is 231 Å². The van der Waals surface area contributed by atoms with Crippen LogP contribution in [0.25, 0.3) is 72.0 Å². The van der Waals surface area contributed by atoms with Crippen molar-refractivity contribution < 1.29 is 0 Å². The van der Waals surface area contributed by atoms with Crippen LogP contribution in [0.3, 0.4) is 0 Å². The fourth-order valence-electron chi connectivity index (χ4n) is 8.26. The number of para-hydroxylation sites is 2. The molecule has 0 saturated carbocycles. The lowest BCUT2D eigenvalue weighted by Crippen LogP contribution is -2.10. The summed E-state index contributed by atoms with van der Waals surface area (Å²) in [5.41, 5.74) is 16.4. The highest BCUT2D eigenvalue weighted by Gasteiger charge is 2.22. The average Bonchev–Trinajstić information content (AvgIpc) is 3.63. The lowest BCUT2D eigenvalue weighted by atomic mass is 9.93. The van der Waals surface area contributed by atoms with Gasteiger partial charge in [-0.3, -0.25) is 0 Å². The topological polar surface area (TPSA) is 8.17 Å². The van der Waals surface area contributed by atoms with Gasteiger partial charge in [0.15, 0.2) is 0 Å². The van der Waals surface area contributed by atoms with E-state index in [4.69, 9.17) is 0 Å². The van der Waals surface area contributed by atoms with Crippen molar-refractivity contribution in [2.45, 2.75) is 0 Å². The molecular weight excluding hydrogens is 677 g/mol. The SMILES string of the molecule is c1ccc(-c2ccccc2-c2ccc(-n3c4ccccc4c4c(N(c5ccccc5)c5ccc(-c6ccccc6)c(-c6ccccc6)c5)cccc43)cc2)cc1. The first-order valence-electron chi connectivity index (χ1n) is 19.2. The van der Waals surface area contributed by atoms with Crippen molar-refractivity contribution >= 4 is 38.9 Å². The molecule has 0 aliphatic heterocycles. The smallest absolute Gasteiger partial charge is 0.0562 e. The van der Waals surface area contributed by atoms with Crippen LogP contribution in [0.1, 0.15) is 0 Å². The number of hydrogen-bond donors (Lipinski definition) is 0. The lowest BCUT2D eigenvalue weighted by Gasteiger charge is -2.27. The fraction of sp³-hybridized carbons (Fsp3) is 0. The summed E-state index contributed by atoms with van der Waals surface area (Å²) in [6.07, 6.45) is 0. The Morgan fingerprint density at radius 3 is 1.41 bits per heavy atom. The number of anilines is 3. The first-order valence-corrected chi connectivity index (χ1v) is 19.2. The van der Waals surface area contributed by atoms with Crippen molar-refractivity contribution in [3.8, 4) is 50.2 Å². The molecule has 0 unspecified atom stereocenters. The maximum atomic E-state index is 2.42. The zero-order valence-electron chi connectivity index (χ0n) is 30.8. The summed E-state index contributed by atoms with van der Waals surface area (Å²) in [6.45, 7) is 0. The van der Waals surface area contributed by atoms with E-state index in [-0.39, 0.29) is 0 Å². The third-order valence-corrected chi connectivity index (χ3v) is 10.8. The van der Waals surface area contributed by atoms with E-state index >= 15 is 0 Å². The van der Waals surface area contributed by atoms with E-state index in [1.54, 1.807) is 0 Å². The van der Waals surface area contributed by atoms with Gasteiger partial charge in [0, 0.05) is 27.8 Å². The van der Waals surface area contributed by atoms with Gasteiger partial charge in [0.1, 0.15) is 0 Å². The van der Waals surface area contributed by atoms with Gasteiger partial charge in [0.25, 0.3) is 0 Å². The second kappa shape index (κ2) is 14.4. The predicted octanol–water partition coefficient (Wildman–Crippen LogP) is 14.9. The van der Waals surface area contributed by atoms with Crippen LogP contribution < -0.4 is 4.90 Å². The number of fused-ring (bicyclic) bond motifs is 3. The van der Waals surface area contributed by atoms with Gasteiger partial charge in [-0.2, -0.15) is 0 Å². The summed E-state index contributed by atoms with van der Waals surface area (Å²) in [4.78, 5) is 2.42. The maximum absolute atomic E-state index is 2.42. The van der Waals surface area contributed by atoms with Gasteiger partial charge in [-0.05, 0) is 99.1 Å². The van der Waals surface area contributed by atoms with Gasteiger partial charge in [0.05, 0.1) is 16.7 Å². The Hall–Kier alpha value is -7.42. The Balaban J connectivity index is 1.15. The highest BCUT2D eigenvalue weighted by Crippen LogP contribution is 2.46. The summed E-state index contributed by atoms with van der Waals surface area (Å²) in [5.74, 6) is 0. The molecule has 0 amide bonds. The first-order chi connectivity index (χ1) is 27.8. The molecule has 0 aliphatic rings. The van der Waals surface area contributed by atoms with Crippen LogP contribution in [0, 0.1) is 0 Å². The van der Waals surface area contributed by atoms with Gasteiger partial charge in [-0.25, -0.2) is 0 Å². The van der Waals surface area contributed by atoms with E-state index < -0.39 is 0 Å². The largest absolute Gasteiger partial charge is 0.310 e. The Bertz CT molecular complexity index is 2930. The van der Waals surface area contributed by atoms with Crippen molar-refractivity contribution in [2.24, 2.45) is 0 Å². The average molecular weight is 715 g/mol. The number of nitrogens with zero attached hydrogens (tertiary/aromatic N) is 2. The molecule has 0 N–H and O–H groups in total. The molecule has 0 spiro atoms. The molecule has 264 valence electrons. The minimum absolute atomic E-state index is 1.10. The van der Waals surface area contributed by atoms with Crippen molar-refractivity contribution in [1.82, 2.24) is 4.57 Å². The Kier molecular flexibility index (Phi) is 8.55. The quantitative estimate of drug-likeness (QED) is 0.152. The second-order valence-electron chi connectivity index (χ2n) is 14.1. The van der Waals surface area contributed by atoms with Crippen LogP contribution in [0.5, 0.6) is 0 Å². The van der Waals surface area contributed by atoms with E-state index in [1.165, 1.54) is 60.8 Å². The lowest BCUT2D eigenvalue weighted by molar-refractivity contribution is 1.18. The number of benzene rings is 9. The molecule has 10 rings (SSSR count). The molecule has 10 aromatic rings. The molecule has 0 atom stereocenters. The third-order valence-electron chi connectivity index (χ3n) is 10.8. The zero-order chi connectivity index (χ0) is 37.3. The van der Waals surface area contributed by atoms with E-state index in [2.05, 4.69) is 240 Å². The summed E-state index contributed by atoms with van der Waals surface area (Å²) >= 11 is 0. The highest BCUT2D eigenvalue weighted by atomic mass is 15.1. The Morgan fingerprint density at radius 2 is 0.786 bits per heavy atom. The van der Waals surface area contributed by atoms with E-state index in [9.17, 15) is 0 Å². The molecule has 56 heavy (non-hydrogen) atoms. The minimum atomic E-state index is 1.10. The van der Waals surface area contributed by atoms with E-state index in [1.807, 2.05) is 0 Å². The van der Waals surface area contributed by atoms with Crippen LogP contribution in [0.15, 0.2) is 231 Å². The fourth-order valence-corrected chi connectivity index (χ4v) is 8.26. The molecule has 2 nitrogen and oxygen atoms in total. The molecule has 0 fully saturated rings. The van der Waals surface area contributed by atoms with Crippen LogP contribution in [-0.4, -0.2) is 4.57 Å². The van der Waals surface area contributed by atoms with E-state index in [0.29, 0.717) is 0 Å². The number of aromatic nitrogens is 1. The molecular formula is C54H38N2. The number of hydrogen-bond acceptors (Lipinski definition) is 1. The number of rotatable bonds is 8. The third kappa shape index (κ3) is 5.95. The zero-order valence-corrected chi connectivity index (χ0v) is 30.8. The van der Waals surface area contributed by atoms with E-state index in [0.717, 1.165) is 28.3 Å². The van der Waals surface area contributed by atoms with Crippen LogP contribution in [-0.2, 0) is 0 Å². The summed E-state index contributed by atoms with van der Waals surface area (Å²) in [6, 6.07) is 83.0. The Morgan fingerprint density at radius 1 is 0.304 bits per heavy atom. The Labute approximate surface area is 327 Å². The maximum Gasteiger partial charge on any atom is 0.0562 e. The standard InChI is InChI=1S/C54H38N2/c1-5-18-39(19-6-1)46-26-13-14-27-47(46)42-32-34-44(35-33-42)56-51-29-16-15-28-49(51)54-52(30-17-31-53(54)56)55(43-24-11-4-12-25-43)45-36-37-48(40-20-7-2-8-21-40)50(38-45)41-22-9-3-10-23-41/h1-38H. The summed E-state index contributed by atoms with van der Waals surface area (Å²) in [5, 5.41) is 2.42. The minimum Gasteiger partial charge on any atom is -0.310 e. The molecule has 1 aromatic heterocycles. The molecule has 9 aromatic carbocycles. The van der Waals surface area contributed by atoms with Gasteiger partial charge >= 0.3 is 0 Å². The molecule has 0 aliphatic carbocycles. The van der Waals surface area contributed by atoms with Crippen LogP contribution >= 0.6 is 0 Å². The molecule has 0 saturated heterocycles. The molecule has 0 bridgehead atoms. The summed E-state index contributed by atoms with van der Waals surface area (Å²) < 4.78 is 2.41. The summed E-state index contributed by atoms with van der Waals surface area (Å²) in [7, 11) is 0. The normalized spacial score (nSPS) is 11.2. The second-order valence-corrected chi connectivity index (χ2v) is 14.1. The molecule has 0 radical (unpaired) electrons. The monoisotopic (exact) mass is 714 g/mol. The van der Waals surface area contributed by atoms with Crippen molar-refractivity contribution in [3.63, 3.8) is 0 Å². The first kappa shape index (κ1) is 33.2. The highest BCUT2D eigenvalue weighted by molar-refractivity contribution is 6.16.